The van der Waals surface area contributed by atoms with Crippen molar-refractivity contribution in [3.05, 3.63) is 35.4 Å². The quantitative estimate of drug-likeness (QED) is 0.909. The van der Waals surface area contributed by atoms with E-state index in [9.17, 15) is 4.39 Å². The molecule has 2 rings (SSSR count). The molecule has 1 heterocycles. The number of hydrogen-bond acceptors (Lipinski definition) is 5. The largest absolute Gasteiger partial charge is 0.379 e. The van der Waals surface area contributed by atoms with Crippen molar-refractivity contribution in [1.82, 2.24) is 10.1 Å². The zero-order valence-electron chi connectivity index (χ0n) is 11.8. The number of aromatic nitrogens is 2. The standard InChI is InChI=1S/C14H18FN3O2/c1-4-19-8-14(3,16)13-17-12(20-18-13)11-7-10(15)6-5-9(11)2/h5-7H,4,8,16H2,1-3H3. The summed E-state index contributed by atoms with van der Waals surface area (Å²) in [5.74, 6) is 0.241. The number of halogens is 1. The van der Waals surface area contributed by atoms with Crippen LogP contribution in [0.1, 0.15) is 25.2 Å². The summed E-state index contributed by atoms with van der Waals surface area (Å²) in [4.78, 5) is 4.26. The number of hydrogen-bond donors (Lipinski definition) is 1. The van der Waals surface area contributed by atoms with Crippen LogP contribution in [0.15, 0.2) is 22.7 Å². The van der Waals surface area contributed by atoms with Crippen molar-refractivity contribution in [3.63, 3.8) is 0 Å². The van der Waals surface area contributed by atoms with Crippen LogP contribution in [0.25, 0.3) is 11.5 Å². The molecule has 108 valence electrons. The minimum atomic E-state index is -0.848. The molecule has 6 heteroatoms. The fraction of sp³-hybridized carbons (Fsp3) is 0.429. The van der Waals surface area contributed by atoms with Gasteiger partial charge in [0.15, 0.2) is 5.82 Å². The first-order valence-corrected chi connectivity index (χ1v) is 6.41. The average Bonchev–Trinajstić information content (AvgIpc) is 2.89. The van der Waals surface area contributed by atoms with Gasteiger partial charge in [0, 0.05) is 12.2 Å². The summed E-state index contributed by atoms with van der Waals surface area (Å²) in [5.41, 5.74) is 6.67. The Kier molecular flexibility index (Phi) is 4.15. The molecule has 0 saturated heterocycles. The van der Waals surface area contributed by atoms with Gasteiger partial charge < -0.3 is 15.0 Å². The first-order chi connectivity index (χ1) is 9.44. The van der Waals surface area contributed by atoms with E-state index in [0.717, 1.165) is 5.56 Å². The highest BCUT2D eigenvalue weighted by atomic mass is 19.1. The van der Waals surface area contributed by atoms with Gasteiger partial charge in [-0.3, -0.25) is 0 Å². The van der Waals surface area contributed by atoms with Crippen LogP contribution in [0.4, 0.5) is 4.39 Å². The molecule has 0 aliphatic carbocycles. The number of aryl methyl sites for hydroxylation is 1. The highest BCUT2D eigenvalue weighted by molar-refractivity contribution is 5.58. The maximum Gasteiger partial charge on any atom is 0.258 e. The molecule has 0 aliphatic rings. The highest BCUT2D eigenvalue weighted by Gasteiger charge is 2.28. The second-order valence-electron chi connectivity index (χ2n) is 4.94. The van der Waals surface area contributed by atoms with Crippen LogP contribution in [0.2, 0.25) is 0 Å². The third-order valence-electron chi connectivity index (χ3n) is 2.97. The van der Waals surface area contributed by atoms with Crippen LogP contribution < -0.4 is 5.73 Å². The van der Waals surface area contributed by atoms with Crippen molar-refractivity contribution in [1.29, 1.82) is 0 Å². The summed E-state index contributed by atoms with van der Waals surface area (Å²) >= 11 is 0. The van der Waals surface area contributed by atoms with E-state index in [1.807, 2.05) is 13.8 Å². The fourth-order valence-electron chi connectivity index (χ4n) is 1.77. The molecular weight excluding hydrogens is 261 g/mol. The Bertz CT molecular complexity index is 596. The molecule has 0 saturated carbocycles. The average molecular weight is 279 g/mol. The van der Waals surface area contributed by atoms with E-state index in [0.29, 0.717) is 18.0 Å². The lowest BCUT2D eigenvalue weighted by molar-refractivity contribution is 0.0962. The first-order valence-electron chi connectivity index (χ1n) is 6.41. The van der Waals surface area contributed by atoms with Gasteiger partial charge in [0.1, 0.15) is 11.4 Å². The van der Waals surface area contributed by atoms with Crippen molar-refractivity contribution < 1.29 is 13.7 Å². The number of rotatable bonds is 5. The zero-order chi connectivity index (χ0) is 14.8. The third kappa shape index (κ3) is 3.02. The molecule has 1 aromatic heterocycles. The molecule has 1 unspecified atom stereocenters. The summed E-state index contributed by atoms with van der Waals surface area (Å²) in [6.07, 6.45) is 0. The predicted molar refractivity (Wildman–Crippen MR) is 72.5 cm³/mol. The lowest BCUT2D eigenvalue weighted by atomic mass is 10.0. The van der Waals surface area contributed by atoms with E-state index in [-0.39, 0.29) is 18.3 Å². The topological polar surface area (TPSA) is 74.2 Å². The lowest BCUT2D eigenvalue weighted by Crippen LogP contribution is -2.39. The SMILES string of the molecule is CCOCC(C)(N)c1noc(-c2cc(F)ccc2C)n1. The normalized spacial score (nSPS) is 14.2. The Hall–Kier alpha value is -1.79. The van der Waals surface area contributed by atoms with E-state index in [2.05, 4.69) is 10.1 Å². The van der Waals surface area contributed by atoms with Gasteiger partial charge in [0.25, 0.3) is 5.89 Å². The van der Waals surface area contributed by atoms with Gasteiger partial charge in [-0.05, 0) is 38.5 Å². The molecule has 0 bridgehead atoms. The minimum absolute atomic E-state index is 0.255. The van der Waals surface area contributed by atoms with Crippen molar-refractivity contribution in [3.8, 4) is 11.5 Å². The maximum absolute atomic E-state index is 13.3. The molecule has 0 amide bonds. The third-order valence-corrected chi connectivity index (χ3v) is 2.97. The molecule has 5 nitrogen and oxygen atoms in total. The van der Waals surface area contributed by atoms with Crippen molar-refractivity contribution >= 4 is 0 Å². The van der Waals surface area contributed by atoms with E-state index in [1.54, 1.807) is 13.0 Å². The van der Waals surface area contributed by atoms with Crippen LogP contribution >= 0.6 is 0 Å². The van der Waals surface area contributed by atoms with Crippen LogP contribution in [-0.4, -0.2) is 23.4 Å². The second kappa shape index (κ2) is 5.68. The summed E-state index contributed by atoms with van der Waals surface area (Å²) in [6.45, 7) is 6.33. The van der Waals surface area contributed by atoms with Gasteiger partial charge in [-0.15, -0.1) is 0 Å². The molecule has 20 heavy (non-hydrogen) atoms. The second-order valence-corrected chi connectivity index (χ2v) is 4.94. The molecule has 1 atom stereocenters. The number of benzene rings is 1. The Morgan fingerprint density at radius 2 is 2.20 bits per heavy atom. The Morgan fingerprint density at radius 3 is 2.90 bits per heavy atom. The number of nitrogens with zero attached hydrogens (tertiary/aromatic N) is 2. The van der Waals surface area contributed by atoms with Crippen molar-refractivity contribution in [2.75, 3.05) is 13.2 Å². The van der Waals surface area contributed by atoms with Crippen LogP contribution in [-0.2, 0) is 10.3 Å². The highest BCUT2D eigenvalue weighted by Crippen LogP contribution is 2.25. The van der Waals surface area contributed by atoms with Gasteiger partial charge >= 0.3 is 0 Å². The number of ether oxygens (including phenoxy) is 1. The molecule has 0 aliphatic heterocycles. The van der Waals surface area contributed by atoms with E-state index in [1.165, 1.54) is 12.1 Å². The smallest absolute Gasteiger partial charge is 0.258 e. The summed E-state index contributed by atoms with van der Waals surface area (Å²) in [5, 5.41) is 3.87. The summed E-state index contributed by atoms with van der Waals surface area (Å²) in [6, 6.07) is 4.41. The summed E-state index contributed by atoms with van der Waals surface area (Å²) < 4.78 is 23.8. The molecule has 2 N–H and O–H groups in total. The maximum atomic E-state index is 13.3. The van der Waals surface area contributed by atoms with Crippen LogP contribution in [0, 0.1) is 12.7 Å². The molecule has 0 spiro atoms. The zero-order valence-corrected chi connectivity index (χ0v) is 11.8. The Labute approximate surface area is 116 Å². The van der Waals surface area contributed by atoms with Crippen molar-refractivity contribution in [2.24, 2.45) is 5.73 Å². The summed E-state index contributed by atoms with van der Waals surface area (Å²) in [7, 11) is 0. The van der Waals surface area contributed by atoms with Gasteiger partial charge in [0.2, 0.25) is 0 Å². The predicted octanol–water partition coefficient (Wildman–Crippen LogP) is 2.39. The van der Waals surface area contributed by atoms with Gasteiger partial charge in [-0.2, -0.15) is 4.98 Å². The van der Waals surface area contributed by atoms with E-state index in [4.69, 9.17) is 15.0 Å². The van der Waals surface area contributed by atoms with Crippen molar-refractivity contribution in [2.45, 2.75) is 26.3 Å². The lowest BCUT2D eigenvalue weighted by Gasteiger charge is -2.19. The number of nitrogens with two attached hydrogens (primary N) is 1. The molecular formula is C14H18FN3O2. The minimum Gasteiger partial charge on any atom is -0.379 e. The van der Waals surface area contributed by atoms with Gasteiger partial charge in [-0.25, -0.2) is 4.39 Å². The van der Waals surface area contributed by atoms with E-state index >= 15 is 0 Å². The molecule has 0 radical (unpaired) electrons. The molecule has 0 fully saturated rings. The Morgan fingerprint density at radius 1 is 1.45 bits per heavy atom. The van der Waals surface area contributed by atoms with Crippen LogP contribution in [0.5, 0.6) is 0 Å². The van der Waals surface area contributed by atoms with Gasteiger partial charge in [0.05, 0.1) is 6.61 Å². The molecule has 2 aromatic rings. The van der Waals surface area contributed by atoms with E-state index < -0.39 is 5.54 Å². The fourth-order valence-corrected chi connectivity index (χ4v) is 1.77. The molecule has 1 aromatic carbocycles. The monoisotopic (exact) mass is 279 g/mol. The Balaban J connectivity index is 2.31. The van der Waals surface area contributed by atoms with Crippen LogP contribution in [0.3, 0.4) is 0 Å². The van der Waals surface area contributed by atoms with Gasteiger partial charge in [-0.1, -0.05) is 11.2 Å². The first kappa shape index (κ1) is 14.6.